The average Bonchev–Trinajstić information content (AvgIpc) is 2.50. The highest BCUT2D eigenvalue weighted by Gasteiger charge is 2.22. The van der Waals surface area contributed by atoms with Crippen LogP contribution in [0.3, 0.4) is 0 Å². The van der Waals surface area contributed by atoms with Crippen molar-refractivity contribution in [2.45, 2.75) is 43.9 Å². The number of aliphatic imine (C=N–C) groups is 1. The van der Waals surface area contributed by atoms with Gasteiger partial charge in [0.1, 0.15) is 6.54 Å². The second-order valence-corrected chi connectivity index (χ2v) is 7.29. The van der Waals surface area contributed by atoms with Crippen LogP contribution < -0.4 is 10.6 Å². The minimum absolute atomic E-state index is 0.00256. The average molecular weight is 327 g/mol. The lowest BCUT2D eigenvalue weighted by Crippen LogP contribution is -2.46. The summed E-state index contributed by atoms with van der Waals surface area (Å²) in [4.78, 5) is 17.6. The smallest absolute Gasteiger partial charge is 0.243 e. The summed E-state index contributed by atoms with van der Waals surface area (Å²) in [5.74, 6) is 1.88. The van der Waals surface area contributed by atoms with Gasteiger partial charge in [0.25, 0.3) is 0 Å². The number of thioether (sulfide) groups is 1. The maximum atomic E-state index is 11.7. The van der Waals surface area contributed by atoms with Crippen molar-refractivity contribution >= 4 is 23.6 Å². The highest BCUT2D eigenvalue weighted by Crippen LogP contribution is 2.28. The molecule has 1 saturated carbocycles. The number of hydrogen-bond donors (Lipinski definition) is 2. The van der Waals surface area contributed by atoms with Crippen LogP contribution in [0.5, 0.6) is 0 Å². The molecule has 1 rings (SSSR count). The summed E-state index contributed by atoms with van der Waals surface area (Å²) in [7, 11) is 3.49. The van der Waals surface area contributed by atoms with Crippen LogP contribution in [0.2, 0.25) is 0 Å². The zero-order valence-corrected chi connectivity index (χ0v) is 14.9. The van der Waals surface area contributed by atoms with Gasteiger partial charge in [-0.05, 0) is 25.0 Å². The van der Waals surface area contributed by atoms with E-state index >= 15 is 0 Å². The Morgan fingerprint density at radius 3 is 2.86 bits per heavy atom. The fraction of sp³-hybridized carbons (Fsp3) is 0.750. The van der Waals surface area contributed by atoms with Crippen LogP contribution >= 0.6 is 11.8 Å². The maximum Gasteiger partial charge on any atom is 0.243 e. The van der Waals surface area contributed by atoms with E-state index in [1.807, 2.05) is 11.8 Å². The Labute approximate surface area is 139 Å². The van der Waals surface area contributed by atoms with Crippen LogP contribution in [-0.4, -0.2) is 61.0 Å². The molecule has 2 unspecified atom stereocenters. The van der Waals surface area contributed by atoms with Gasteiger partial charge in [0.2, 0.25) is 5.91 Å². The first-order valence-electron chi connectivity index (χ1n) is 8.04. The lowest BCUT2D eigenvalue weighted by molar-refractivity contribution is -0.127. The quantitative estimate of drug-likeness (QED) is 0.426. The van der Waals surface area contributed by atoms with Crippen molar-refractivity contribution in [3.8, 4) is 0 Å². The van der Waals surface area contributed by atoms with Crippen molar-refractivity contribution in [1.82, 2.24) is 15.5 Å². The number of rotatable bonds is 7. The molecule has 126 valence electrons. The molecular formula is C16H30N4OS. The number of carbonyl (C=O) groups is 1. The van der Waals surface area contributed by atoms with E-state index in [9.17, 15) is 4.79 Å². The van der Waals surface area contributed by atoms with E-state index < -0.39 is 0 Å². The van der Waals surface area contributed by atoms with Crippen molar-refractivity contribution in [3.63, 3.8) is 0 Å². The van der Waals surface area contributed by atoms with E-state index in [2.05, 4.69) is 29.1 Å². The Hall–Kier alpha value is -1.17. The van der Waals surface area contributed by atoms with Gasteiger partial charge in [-0.3, -0.25) is 4.79 Å². The molecule has 0 saturated heterocycles. The van der Waals surface area contributed by atoms with Crippen molar-refractivity contribution in [2.75, 3.05) is 32.9 Å². The first-order chi connectivity index (χ1) is 10.6. The van der Waals surface area contributed by atoms with Gasteiger partial charge in [0.15, 0.2) is 5.96 Å². The Balaban J connectivity index is 2.57. The highest BCUT2D eigenvalue weighted by atomic mass is 32.2. The Kier molecular flexibility index (Phi) is 9.04. The summed E-state index contributed by atoms with van der Waals surface area (Å²) in [6, 6.07) is 0.434. The lowest BCUT2D eigenvalue weighted by atomic mass is 9.95. The van der Waals surface area contributed by atoms with Crippen molar-refractivity contribution in [2.24, 2.45) is 4.99 Å². The van der Waals surface area contributed by atoms with Crippen LogP contribution in [0, 0.1) is 0 Å². The maximum absolute atomic E-state index is 11.7. The topological polar surface area (TPSA) is 56.7 Å². The molecule has 1 aliphatic rings. The van der Waals surface area contributed by atoms with Crippen molar-refractivity contribution < 1.29 is 4.79 Å². The zero-order chi connectivity index (χ0) is 16.4. The van der Waals surface area contributed by atoms with Gasteiger partial charge >= 0.3 is 0 Å². The standard InChI is InChI=1S/C16H30N4OS/c1-5-10-17-16(18-12-15(21)20(3)4)19-13-8-7-9-14(11-13)22-6-2/h5,13-14H,1,6-12H2,2-4H3,(H2,17,18,19). The van der Waals surface area contributed by atoms with E-state index in [4.69, 9.17) is 0 Å². The molecule has 0 aromatic rings. The summed E-state index contributed by atoms with van der Waals surface area (Å²) in [5, 5.41) is 7.42. The summed E-state index contributed by atoms with van der Waals surface area (Å²) in [5.41, 5.74) is 0. The van der Waals surface area contributed by atoms with Crippen LogP contribution in [0.1, 0.15) is 32.6 Å². The summed E-state index contributed by atoms with van der Waals surface area (Å²) in [6.07, 6.45) is 6.68. The fourth-order valence-electron chi connectivity index (χ4n) is 2.47. The Morgan fingerprint density at radius 2 is 2.23 bits per heavy atom. The van der Waals surface area contributed by atoms with Crippen LogP contribution in [-0.2, 0) is 4.79 Å². The number of amides is 1. The molecule has 0 bridgehead atoms. The van der Waals surface area contributed by atoms with Crippen LogP contribution in [0.4, 0.5) is 0 Å². The van der Waals surface area contributed by atoms with Crippen molar-refractivity contribution in [3.05, 3.63) is 12.7 Å². The van der Waals surface area contributed by atoms with E-state index in [-0.39, 0.29) is 12.5 Å². The first kappa shape index (κ1) is 18.9. The molecule has 1 fully saturated rings. The van der Waals surface area contributed by atoms with Gasteiger partial charge in [0, 0.05) is 31.9 Å². The molecule has 0 aromatic heterocycles. The molecule has 6 heteroatoms. The summed E-state index contributed by atoms with van der Waals surface area (Å²) in [6.45, 7) is 6.74. The molecule has 0 aromatic carbocycles. The normalized spacial score (nSPS) is 22.0. The van der Waals surface area contributed by atoms with Crippen molar-refractivity contribution in [1.29, 1.82) is 0 Å². The van der Waals surface area contributed by atoms with Gasteiger partial charge in [-0.1, -0.05) is 19.4 Å². The Morgan fingerprint density at radius 1 is 1.45 bits per heavy atom. The zero-order valence-electron chi connectivity index (χ0n) is 14.1. The first-order valence-corrected chi connectivity index (χ1v) is 9.09. The minimum atomic E-state index is 0.00256. The molecule has 2 N–H and O–H groups in total. The van der Waals surface area contributed by atoms with E-state index in [0.717, 1.165) is 18.1 Å². The van der Waals surface area contributed by atoms with E-state index in [0.29, 0.717) is 18.5 Å². The number of likely N-dealkylation sites (N-methyl/N-ethyl adjacent to an activating group) is 1. The molecule has 22 heavy (non-hydrogen) atoms. The van der Waals surface area contributed by atoms with Crippen LogP contribution in [0.25, 0.3) is 0 Å². The number of guanidine groups is 1. The predicted molar refractivity (Wildman–Crippen MR) is 96.5 cm³/mol. The summed E-state index contributed by atoms with van der Waals surface area (Å²) >= 11 is 2.05. The number of nitrogens with zero attached hydrogens (tertiary/aromatic N) is 2. The molecule has 1 amide bonds. The Bertz CT molecular complexity index is 382. The molecule has 0 heterocycles. The summed E-state index contributed by atoms with van der Waals surface area (Å²) < 4.78 is 0. The second kappa shape index (κ2) is 10.5. The predicted octanol–water partition coefficient (Wildman–Crippen LogP) is 1.86. The molecule has 0 radical (unpaired) electrons. The van der Waals surface area contributed by atoms with Gasteiger partial charge in [-0.2, -0.15) is 11.8 Å². The third kappa shape index (κ3) is 7.20. The molecule has 2 atom stereocenters. The molecule has 1 aliphatic carbocycles. The SMILES string of the molecule is C=CCNC(=NCC(=O)N(C)C)NC1CCCC(SCC)C1. The second-order valence-electron chi connectivity index (χ2n) is 5.71. The molecular weight excluding hydrogens is 296 g/mol. The molecule has 5 nitrogen and oxygen atoms in total. The van der Waals surface area contributed by atoms with Gasteiger partial charge < -0.3 is 15.5 Å². The highest BCUT2D eigenvalue weighted by molar-refractivity contribution is 7.99. The number of carbonyl (C=O) groups excluding carboxylic acids is 1. The van der Waals surface area contributed by atoms with Gasteiger partial charge in [0.05, 0.1) is 0 Å². The fourth-order valence-corrected chi connectivity index (χ4v) is 3.64. The van der Waals surface area contributed by atoms with Crippen LogP contribution in [0.15, 0.2) is 17.6 Å². The third-order valence-electron chi connectivity index (χ3n) is 3.65. The lowest BCUT2D eigenvalue weighted by Gasteiger charge is -2.30. The largest absolute Gasteiger partial charge is 0.354 e. The third-order valence-corrected chi connectivity index (χ3v) is 4.89. The van der Waals surface area contributed by atoms with Gasteiger partial charge in [-0.25, -0.2) is 4.99 Å². The molecule has 0 spiro atoms. The minimum Gasteiger partial charge on any atom is -0.354 e. The van der Waals surface area contributed by atoms with E-state index in [1.54, 1.807) is 25.1 Å². The monoisotopic (exact) mass is 326 g/mol. The van der Waals surface area contributed by atoms with E-state index in [1.165, 1.54) is 18.6 Å². The van der Waals surface area contributed by atoms with Gasteiger partial charge in [-0.15, -0.1) is 6.58 Å². The number of hydrogen-bond acceptors (Lipinski definition) is 3. The molecule has 0 aliphatic heterocycles. The number of nitrogens with one attached hydrogen (secondary N) is 2.